The Balaban J connectivity index is 1.57. The van der Waals surface area contributed by atoms with Crippen LogP contribution in [-0.2, 0) is 4.74 Å². The Hall–Kier alpha value is -3.17. The molecular formula is C23H23ClFN5O3. The van der Waals surface area contributed by atoms with Crippen molar-refractivity contribution in [3.8, 4) is 5.75 Å². The van der Waals surface area contributed by atoms with Crippen LogP contribution in [0.3, 0.4) is 0 Å². The number of nitrogens with zero attached hydrogens (tertiary/aromatic N) is 3. The molecule has 2 saturated heterocycles. The average Bonchev–Trinajstić information content (AvgIpc) is 3.15. The van der Waals surface area contributed by atoms with Gasteiger partial charge in [-0.2, -0.15) is 0 Å². The Bertz CT molecular complexity index is 1240. The maximum absolute atomic E-state index is 14.5. The summed E-state index contributed by atoms with van der Waals surface area (Å²) in [5.74, 6) is 0.446. The zero-order chi connectivity index (χ0) is 23.2. The van der Waals surface area contributed by atoms with Crippen molar-refractivity contribution < 1.29 is 18.7 Å². The van der Waals surface area contributed by atoms with Gasteiger partial charge in [0.1, 0.15) is 23.5 Å². The molecule has 3 aromatic rings. The fourth-order valence-electron chi connectivity index (χ4n) is 4.49. The number of rotatable bonds is 4. The summed E-state index contributed by atoms with van der Waals surface area (Å²) in [6.45, 7) is 4.06. The van der Waals surface area contributed by atoms with Crippen LogP contribution in [0.25, 0.3) is 10.9 Å². The van der Waals surface area contributed by atoms with E-state index in [1.807, 2.05) is 0 Å². The molecule has 2 aromatic carbocycles. The van der Waals surface area contributed by atoms with E-state index in [0.717, 1.165) is 19.5 Å². The quantitative estimate of drug-likeness (QED) is 0.579. The predicted octanol–water partition coefficient (Wildman–Crippen LogP) is 4.50. The highest BCUT2D eigenvalue weighted by Gasteiger charge is 2.50. The zero-order valence-corrected chi connectivity index (χ0v) is 18.9. The monoisotopic (exact) mass is 471 g/mol. The first-order valence-corrected chi connectivity index (χ1v) is 11.0. The molecule has 33 heavy (non-hydrogen) atoms. The van der Waals surface area contributed by atoms with E-state index in [1.165, 1.54) is 19.5 Å². The van der Waals surface area contributed by atoms with E-state index in [1.54, 1.807) is 29.2 Å². The van der Waals surface area contributed by atoms with Gasteiger partial charge in [0, 0.05) is 30.3 Å². The second-order valence-electron chi connectivity index (χ2n) is 8.36. The third-order valence-corrected chi connectivity index (χ3v) is 6.73. The number of carbonyl (C=O) groups excluding carboxylic acids is 1. The van der Waals surface area contributed by atoms with Gasteiger partial charge in [-0.3, -0.25) is 4.90 Å². The molecule has 8 nitrogen and oxygen atoms in total. The first-order chi connectivity index (χ1) is 15.9. The molecule has 5 rings (SSSR count). The lowest BCUT2D eigenvalue weighted by atomic mass is 9.83. The Kier molecular flexibility index (Phi) is 5.46. The van der Waals surface area contributed by atoms with E-state index in [-0.39, 0.29) is 16.6 Å². The van der Waals surface area contributed by atoms with Crippen molar-refractivity contribution >= 4 is 45.8 Å². The smallest absolute Gasteiger partial charge is 0.415 e. The van der Waals surface area contributed by atoms with Gasteiger partial charge >= 0.3 is 6.09 Å². The molecule has 2 atom stereocenters. The summed E-state index contributed by atoms with van der Waals surface area (Å²) in [4.78, 5) is 23.2. The second-order valence-corrected chi connectivity index (χ2v) is 8.77. The normalized spacial score (nSPS) is 22.6. The number of fused-ring (bicyclic) bond motifs is 1. The van der Waals surface area contributed by atoms with Gasteiger partial charge in [0.2, 0.25) is 0 Å². The zero-order valence-electron chi connectivity index (χ0n) is 18.2. The van der Waals surface area contributed by atoms with Gasteiger partial charge in [-0.05, 0) is 24.7 Å². The largest absolute Gasteiger partial charge is 0.494 e. The van der Waals surface area contributed by atoms with Crippen molar-refractivity contribution in [2.45, 2.75) is 18.9 Å². The van der Waals surface area contributed by atoms with Crippen molar-refractivity contribution in [2.75, 3.05) is 37.0 Å². The summed E-state index contributed by atoms with van der Waals surface area (Å²) in [5, 5.41) is 6.93. The van der Waals surface area contributed by atoms with E-state index >= 15 is 0 Å². The first kappa shape index (κ1) is 21.7. The molecule has 0 radical (unpaired) electrons. The van der Waals surface area contributed by atoms with Gasteiger partial charge in [-0.25, -0.2) is 19.2 Å². The van der Waals surface area contributed by atoms with Crippen LogP contribution in [0.4, 0.5) is 26.4 Å². The van der Waals surface area contributed by atoms with Gasteiger partial charge in [0.25, 0.3) is 0 Å². The van der Waals surface area contributed by atoms with Gasteiger partial charge in [0.05, 0.1) is 35.6 Å². The van der Waals surface area contributed by atoms with Crippen LogP contribution in [0, 0.1) is 11.7 Å². The molecule has 172 valence electrons. The minimum Gasteiger partial charge on any atom is -0.494 e. The molecule has 2 aliphatic heterocycles. The van der Waals surface area contributed by atoms with Crippen molar-refractivity contribution in [3.63, 3.8) is 0 Å². The van der Waals surface area contributed by atoms with Crippen LogP contribution in [0.2, 0.25) is 5.02 Å². The third-order valence-electron chi connectivity index (χ3n) is 6.44. The molecule has 2 fully saturated rings. The van der Waals surface area contributed by atoms with Gasteiger partial charge < -0.3 is 20.1 Å². The van der Waals surface area contributed by atoms with E-state index in [4.69, 9.17) is 21.1 Å². The number of benzene rings is 2. The van der Waals surface area contributed by atoms with Gasteiger partial charge in [0.15, 0.2) is 5.82 Å². The SMILES string of the molecule is COc1cc2ncnc(Nc3cccc(Cl)c3F)c2cc1N1CC2(CCNCC2C)OC1=O. The molecule has 2 unspecified atom stereocenters. The highest BCUT2D eigenvalue weighted by atomic mass is 35.5. The van der Waals surface area contributed by atoms with Crippen LogP contribution in [-0.4, -0.2) is 48.4 Å². The van der Waals surface area contributed by atoms with E-state index in [0.29, 0.717) is 34.7 Å². The highest BCUT2D eigenvalue weighted by molar-refractivity contribution is 6.31. The van der Waals surface area contributed by atoms with E-state index < -0.39 is 17.5 Å². The fraction of sp³-hybridized carbons (Fsp3) is 0.348. The van der Waals surface area contributed by atoms with Gasteiger partial charge in [-0.15, -0.1) is 0 Å². The van der Waals surface area contributed by atoms with Crippen molar-refractivity contribution in [1.29, 1.82) is 0 Å². The van der Waals surface area contributed by atoms with E-state index in [2.05, 4.69) is 27.5 Å². The summed E-state index contributed by atoms with van der Waals surface area (Å²) in [7, 11) is 1.54. The minimum atomic E-state index is -0.579. The molecule has 1 amide bonds. The first-order valence-electron chi connectivity index (χ1n) is 10.7. The Morgan fingerprint density at radius 1 is 1.36 bits per heavy atom. The molecule has 2 N–H and O–H groups in total. The molecule has 10 heteroatoms. The summed E-state index contributed by atoms with van der Waals surface area (Å²) >= 11 is 5.92. The highest BCUT2D eigenvalue weighted by Crippen LogP contribution is 2.42. The number of ether oxygens (including phenoxy) is 2. The summed E-state index contributed by atoms with van der Waals surface area (Å²) in [5.41, 5.74) is 0.749. The number of hydrogen-bond acceptors (Lipinski definition) is 7. The number of methoxy groups -OCH3 is 1. The molecule has 0 saturated carbocycles. The number of carbonyl (C=O) groups is 1. The Morgan fingerprint density at radius 3 is 3.00 bits per heavy atom. The maximum atomic E-state index is 14.5. The summed E-state index contributed by atoms with van der Waals surface area (Å²) in [6, 6.07) is 8.19. The fourth-order valence-corrected chi connectivity index (χ4v) is 4.66. The van der Waals surface area contributed by atoms with Crippen LogP contribution in [0.15, 0.2) is 36.7 Å². The Labute approximate surface area is 195 Å². The summed E-state index contributed by atoms with van der Waals surface area (Å²) in [6.07, 6.45) is 1.69. The molecule has 0 aliphatic carbocycles. The number of piperidine rings is 1. The minimum absolute atomic E-state index is 0.00178. The maximum Gasteiger partial charge on any atom is 0.415 e. The number of amides is 1. The van der Waals surface area contributed by atoms with E-state index in [9.17, 15) is 9.18 Å². The summed E-state index contributed by atoms with van der Waals surface area (Å²) < 4.78 is 26.0. The predicted molar refractivity (Wildman–Crippen MR) is 124 cm³/mol. The van der Waals surface area contributed by atoms with Crippen LogP contribution < -0.4 is 20.3 Å². The molecule has 1 aromatic heterocycles. The van der Waals surface area contributed by atoms with Gasteiger partial charge in [-0.1, -0.05) is 24.6 Å². The third kappa shape index (κ3) is 3.71. The van der Waals surface area contributed by atoms with Crippen molar-refractivity contribution in [2.24, 2.45) is 5.92 Å². The molecule has 2 aliphatic rings. The molecular weight excluding hydrogens is 449 g/mol. The van der Waals surface area contributed by atoms with Crippen molar-refractivity contribution in [3.05, 3.63) is 47.5 Å². The lowest BCUT2D eigenvalue weighted by molar-refractivity contribution is -0.00804. The van der Waals surface area contributed by atoms with Crippen molar-refractivity contribution in [1.82, 2.24) is 15.3 Å². The number of hydrogen-bond donors (Lipinski definition) is 2. The van der Waals surface area contributed by atoms with Crippen LogP contribution in [0.1, 0.15) is 13.3 Å². The molecule has 0 bridgehead atoms. The second kappa shape index (κ2) is 8.31. The lowest BCUT2D eigenvalue weighted by Gasteiger charge is -2.37. The topological polar surface area (TPSA) is 88.6 Å². The number of halogens is 2. The lowest BCUT2D eigenvalue weighted by Crippen LogP contribution is -2.51. The standard InChI is InChI=1S/C23H23ClFN5O3/c1-13-10-26-7-6-23(13)11-30(22(31)33-23)18-8-14-17(9-19(18)32-2)27-12-28-21(14)29-16-5-3-4-15(24)20(16)25/h3-5,8-9,12-13,26H,6-7,10-11H2,1-2H3,(H,27,28,29). The Morgan fingerprint density at radius 2 is 2.21 bits per heavy atom. The van der Waals surface area contributed by atoms with Crippen LogP contribution in [0.5, 0.6) is 5.75 Å². The number of anilines is 3. The molecule has 3 heterocycles. The number of nitrogens with one attached hydrogen (secondary N) is 2. The number of aromatic nitrogens is 2. The average molecular weight is 472 g/mol. The molecule has 1 spiro atoms. The van der Waals surface area contributed by atoms with Crippen LogP contribution >= 0.6 is 11.6 Å².